The highest BCUT2D eigenvalue weighted by molar-refractivity contribution is 5.99. The summed E-state index contributed by atoms with van der Waals surface area (Å²) in [5.74, 6) is -1.52. The molecule has 0 bridgehead atoms. The number of amides is 1. The van der Waals surface area contributed by atoms with E-state index in [0.717, 1.165) is 37.8 Å². The van der Waals surface area contributed by atoms with Gasteiger partial charge in [-0.15, -0.1) is 0 Å². The monoisotopic (exact) mass is 541 g/mol. The molecule has 4 aromatic rings. The molecular formula is C29H25F2N7O2. The van der Waals surface area contributed by atoms with Gasteiger partial charge in [-0.2, -0.15) is 10.4 Å². The van der Waals surface area contributed by atoms with E-state index in [4.69, 9.17) is 15.6 Å². The van der Waals surface area contributed by atoms with Gasteiger partial charge in [0.15, 0.2) is 23.0 Å². The maximum atomic E-state index is 14.0. The molecule has 1 aliphatic carbocycles. The summed E-state index contributed by atoms with van der Waals surface area (Å²) in [4.78, 5) is 23.5. The fourth-order valence-corrected chi connectivity index (χ4v) is 5.04. The first-order valence-electron chi connectivity index (χ1n) is 13.0. The van der Waals surface area contributed by atoms with Crippen LogP contribution in [0.3, 0.4) is 0 Å². The van der Waals surface area contributed by atoms with Gasteiger partial charge in [-0.05, 0) is 68.0 Å². The number of anilines is 1. The standard InChI is InChI=1S/C29H25F2N7O2/c30-22-4-1-5-23(31)26(22)40-21-10-8-18(9-11-21)25-24-27(33)34-16-35-28(24)38(36-25)15-20-3-2-12-37(20)29(39)19(14-32)13-17-6-7-17/h1,4-5,8-11,13,16-17,20H,2-3,6-7,12,15H2,(H2,33,34,35)/b19-13-/t20-/m1/s1. The second-order valence-electron chi connectivity index (χ2n) is 9.99. The quantitative estimate of drug-likeness (QED) is 0.258. The molecule has 40 heavy (non-hydrogen) atoms. The molecule has 11 heteroatoms. The highest BCUT2D eigenvalue weighted by Gasteiger charge is 2.33. The van der Waals surface area contributed by atoms with Gasteiger partial charge in [0, 0.05) is 12.1 Å². The number of nitriles is 1. The Morgan fingerprint density at radius 3 is 2.58 bits per heavy atom. The molecule has 1 saturated heterocycles. The Morgan fingerprint density at radius 2 is 1.88 bits per heavy atom. The van der Waals surface area contributed by atoms with E-state index in [0.29, 0.717) is 41.3 Å². The van der Waals surface area contributed by atoms with E-state index in [2.05, 4.69) is 16.0 Å². The lowest BCUT2D eigenvalue weighted by Crippen LogP contribution is -2.39. The Labute approximate surface area is 228 Å². The zero-order valence-electron chi connectivity index (χ0n) is 21.4. The summed E-state index contributed by atoms with van der Waals surface area (Å²) in [6.07, 6.45) is 6.77. The molecule has 0 radical (unpaired) electrons. The normalized spacial score (nSPS) is 17.3. The van der Waals surface area contributed by atoms with Crippen LogP contribution in [0.15, 0.2) is 60.4 Å². The first-order valence-corrected chi connectivity index (χ1v) is 13.0. The molecule has 1 atom stereocenters. The van der Waals surface area contributed by atoms with Crippen molar-refractivity contribution in [3.63, 3.8) is 0 Å². The summed E-state index contributed by atoms with van der Waals surface area (Å²) >= 11 is 0. The summed E-state index contributed by atoms with van der Waals surface area (Å²) in [6.45, 7) is 0.940. The number of fused-ring (bicyclic) bond motifs is 1. The summed E-state index contributed by atoms with van der Waals surface area (Å²) in [5, 5.41) is 14.9. The number of nitrogens with zero attached hydrogens (tertiary/aromatic N) is 6. The Morgan fingerprint density at radius 1 is 1.12 bits per heavy atom. The number of benzene rings is 2. The lowest BCUT2D eigenvalue weighted by Gasteiger charge is -2.24. The van der Waals surface area contributed by atoms with Crippen LogP contribution in [-0.2, 0) is 11.3 Å². The smallest absolute Gasteiger partial charge is 0.264 e. The number of para-hydroxylation sites is 1. The third-order valence-electron chi connectivity index (χ3n) is 7.22. The minimum atomic E-state index is -0.803. The number of aromatic nitrogens is 4. The number of nitrogen functional groups attached to an aromatic ring is 1. The number of halogens is 2. The molecule has 2 N–H and O–H groups in total. The summed E-state index contributed by atoms with van der Waals surface area (Å²) in [7, 11) is 0. The third kappa shape index (κ3) is 4.84. The van der Waals surface area contributed by atoms with Gasteiger partial charge in [0.1, 0.15) is 35.2 Å². The molecule has 202 valence electrons. The Hall–Kier alpha value is -4.85. The van der Waals surface area contributed by atoms with E-state index in [-0.39, 0.29) is 29.1 Å². The van der Waals surface area contributed by atoms with Crippen molar-refractivity contribution in [2.24, 2.45) is 5.92 Å². The van der Waals surface area contributed by atoms with E-state index in [1.807, 2.05) is 0 Å². The minimum absolute atomic E-state index is 0.165. The van der Waals surface area contributed by atoms with Gasteiger partial charge in [0.05, 0.1) is 18.0 Å². The highest BCUT2D eigenvalue weighted by atomic mass is 19.1. The van der Waals surface area contributed by atoms with Gasteiger partial charge in [-0.25, -0.2) is 23.4 Å². The van der Waals surface area contributed by atoms with Crippen molar-refractivity contribution in [1.29, 1.82) is 5.26 Å². The SMILES string of the molecule is N#C/C(=C/C1CC1)C(=O)N1CCC[C@@H]1Cn1nc(-c2ccc(Oc3c(F)cccc3F)cc2)c2c(N)ncnc21. The number of hydrogen-bond donors (Lipinski definition) is 1. The predicted molar refractivity (Wildman–Crippen MR) is 143 cm³/mol. The van der Waals surface area contributed by atoms with Crippen LogP contribution in [-0.4, -0.2) is 43.1 Å². The summed E-state index contributed by atoms with van der Waals surface area (Å²) in [6, 6.07) is 12.0. The summed E-state index contributed by atoms with van der Waals surface area (Å²) < 4.78 is 35.2. The van der Waals surface area contributed by atoms with Gasteiger partial charge in [-0.3, -0.25) is 4.79 Å². The molecule has 1 aliphatic heterocycles. The largest absolute Gasteiger partial charge is 0.451 e. The number of likely N-dealkylation sites (tertiary alicyclic amines) is 1. The second kappa shape index (κ2) is 10.4. The molecule has 2 aromatic carbocycles. The average molecular weight is 542 g/mol. The lowest BCUT2D eigenvalue weighted by molar-refractivity contribution is -0.127. The number of rotatable bonds is 7. The maximum absolute atomic E-state index is 14.0. The second-order valence-corrected chi connectivity index (χ2v) is 9.99. The predicted octanol–water partition coefficient (Wildman–Crippen LogP) is 5.00. The third-order valence-corrected chi connectivity index (χ3v) is 7.22. The van der Waals surface area contributed by atoms with E-state index >= 15 is 0 Å². The number of ether oxygens (including phenoxy) is 1. The van der Waals surface area contributed by atoms with Crippen molar-refractivity contribution >= 4 is 22.8 Å². The van der Waals surface area contributed by atoms with Crippen molar-refractivity contribution in [3.05, 3.63) is 72.1 Å². The van der Waals surface area contributed by atoms with E-state index < -0.39 is 17.4 Å². The van der Waals surface area contributed by atoms with Crippen LogP contribution in [0.2, 0.25) is 0 Å². The van der Waals surface area contributed by atoms with Crippen molar-refractivity contribution < 1.29 is 18.3 Å². The first-order chi connectivity index (χ1) is 19.4. The Kier molecular flexibility index (Phi) is 6.59. The van der Waals surface area contributed by atoms with Crippen molar-refractivity contribution in [3.8, 4) is 28.8 Å². The van der Waals surface area contributed by atoms with E-state index in [1.165, 1.54) is 12.4 Å². The molecule has 0 unspecified atom stereocenters. The van der Waals surface area contributed by atoms with Gasteiger partial charge in [0.2, 0.25) is 0 Å². The van der Waals surface area contributed by atoms with Crippen molar-refractivity contribution in [1.82, 2.24) is 24.6 Å². The zero-order chi connectivity index (χ0) is 27.8. The lowest BCUT2D eigenvalue weighted by atomic mass is 10.1. The van der Waals surface area contributed by atoms with Crippen LogP contribution in [0.4, 0.5) is 14.6 Å². The fourth-order valence-electron chi connectivity index (χ4n) is 5.04. The molecule has 3 heterocycles. The topological polar surface area (TPSA) is 123 Å². The van der Waals surface area contributed by atoms with E-state index in [9.17, 15) is 18.8 Å². The van der Waals surface area contributed by atoms with Crippen LogP contribution in [0.5, 0.6) is 11.5 Å². The van der Waals surface area contributed by atoms with Gasteiger partial charge in [0.25, 0.3) is 5.91 Å². The zero-order valence-corrected chi connectivity index (χ0v) is 21.4. The van der Waals surface area contributed by atoms with E-state index in [1.54, 1.807) is 39.9 Å². The molecule has 0 spiro atoms. The Balaban J connectivity index is 1.29. The summed E-state index contributed by atoms with van der Waals surface area (Å²) in [5.41, 5.74) is 8.16. The molecular weight excluding hydrogens is 516 g/mol. The van der Waals surface area contributed by atoms with Crippen molar-refractivity contribution in [2.75, 3.05) is 12.3 Å². The maximum Gasteiger partial charge on any atom is 0.264 e. The molecule has 9 nitrogen and oxygen atoms in total. The highest BCUT2D eigenvalue weighted by Crippen LogP contribution is 2.35. The number of hydrogen-bond acceptors (Lipinski definition) is 7. The molecule has 2 fully saturated rings. The number of carbonyl (C=O) groups excluding carboxylic acids is 1. The molecule has 6 rings (SSSR count). The van der Waals surface area contributed by atoms with Gasteiger partial charge < -0.3 is 15.4 Å². The molecule has 2 aromatic heterocycles. The number of carbonyl (C=O) groups is 1. The van der Waals surface area contributed by atoms with Crippen LogP contribution >= 0.6 is 0 Å². The van der Waals surface area contributed by atoms with Gasteiger partial charge >= 0.3 is 0 Å². The first kappa shape index (κ1) is 25.4. The number of allylic oxidation sites excluding steroid dienone is 1. The van der Waals surface area contributed by atoms with Crippen LogP contribution in [0, 0.1) is 28.9 Å². The fraction of sp³-hybridized carbons (Fsp3) is 0.276. The average Bonchev–Trinajstić information content (AvgIpc) is 3.53. The van der Waals surface area contributed by atoms with Crippen LogP contribution in [0.25, 0.3) is 22.3 Å². The van der Waals surface area contributed by atoms with Crippen LogP contribution < -0.4 is 10.5 Å². The van der Waals surface area contributed by atoms with Crippen molar-refractivity contribution in [2.45, 2.75) is 38.3 Å². The minimum Gasteiger partial charge on any atom is -0.451 e. The molecule has 1 amide bonds. The van der Waals surface area contributed by atoms with Crippen LogP contribution in [0.1, 0.15) is 25.7 Å². The molecule has 2 aliphatic rings. The van der Waals surface area contributed by atoms with Gasteiger partial charge in [-0.1, -0.05) is 12.1 Å². The number of nitrogens with two attached hydrogens (primary N) is 1. The Bertz CT molecular complexity index is 1650. The molecule has 1 saturated carbocycles.